The predicted octanol–water partition coefficient (Wildman–Crippen LogP) is 3.59. The number of pyridine rings is 1. The summed E-state index contributed by atoms with van der Waals surface area (Å²) in [5.41, 5.74) is 2.42. The van der Waals surface area contributed by atoms with Crippen LogP contribution < -0.4 is 20.5 Å². The summed E-state index contributed by atoms with van der Waals surface area (Å²) in [5.74, 6) is 1.52. The lowest BCUT2D eigenvalue weighted by Gasteiger charge is -2.34. The molecule has 6 rings (SSSR count). The minimum absolute atomic E-state index is 0.157. The Kier molecular flexibility index (Phi) is 6.78. The van der Waals surface area contributed by atoms with E-state index in [0.717, 1.165) is 51.1 Å². The molecule has 1 aromatic carbocycles. The molecular weight excluding hydrogens is 480 g/mol. The highest BCUT2D eigenvalue weighted by molar-refractivity contribution is 5.77. The fourth-order valence-corrected chi connectivity index (χ4v) is 4.87. The lowest BCUT2D eigenvalue weighted by atomic mass is 10.2. The predicted molar refractivity (Wildman–Crippen MR) is 149 cm³/mol. The van der Waals surface area contributed by atoms with E-state index in [0.29, 0.717) is 41.8 Å². The monoisotopic (exact) mass is 512 g/mol. The summed E-state index contributed by atoms with van der Waals surface area (Å²) < 4.78 is 9.28. The highest BCUT2D eigenvalue weighted by Gasteiger charge is 2.19. The maximum atomic E-state index is 13.4. The summed E-state index contributed by atoms with van der Waals surface area (Å²) in [6.45, 7) is 5.19. The van der Waals surface area contributed by atoms with Crippen molar-refractivity contribution in [1.29, 1.82) is 0 Å². The maximum Gasteiger partial charge on any atom is 0.278 e. The van der Waals surface area contributed by atoms with Gasteiger partial charge in [-0.25, -0.2) is 14.3 Å². The zero-order chi connectivity index (χ0) is 25.9. The van der Waals surface area contributed by atoms with E-state index in [-0.39, 0.29) is 5.56 Å². The van der Waals surface area contributed by atoms with E-state index < -0.39 is 0 Å². The SMILES string of the molecule is CN1CCN(c2ccc(Nc3ncc4c(=O)n5n(c4n3)-c3cccc(n3)OCCCC/C=C/C5)cc2)CC1. The van der Waals surface area contributed by atoms with Gasteiger partial charge >= 0.3 is 0 Å². The Morgan fingerprint density at radius 3 is 2.63 bits per heavy atom. The van der Waals surface area contributed by atoms with Crippen molar-refractivity contribution < 1.29 is 4.74 Å². The molecule has 4 aromatic rings. The molecule has 2 aliphatic heterocycles. The van der Waals surface area contributed by atoms with Gasteiger partial charge in [-0.3, -0.25) is 4.79 Å². The zero-order valence-corrected chi connectivity index (χ0v) is 21.6. The molecule has 3 aromatic heterocycles. The maximum absolute atomic E-state index is 13.4. The second-order valence-electron chi connectivity index (χ2n) is 9.74. The van der Waals surface area contributed by atoms with Crippen molar-refractivity contribution in [2.75, 3.05) is 50.1 Å². The Balaban J connectivity index is 1.34. The molecule has 5 heterocycles. The van der Waals surface area contributed by atoms with Crippen LogP contribution in [0, 0.1) is 0 Å². The summed E-state index contributed by atoms with van der Waals surface area (Å²) in [5, 5.41) is 3.74. The highest BCUT2D eigenvalue weighted by atomic mass is 16.5. The van der Waals surface area contributed by atoms with Gasteiger partial charge in [0, 0.05) is 49.8 Å². The standard InChI is InChI=1S/C28H32N8O2/c1-33-15-17-34(18-16-33)22-12-10-21(11-13-22)30-28-29-20-23-26(32-28)36-24-8-7-9-25(31-24)38-19-6-4-2-3-5-14-35(36)27(23)37/h3,5,7-13,20H,2,4,6,14-19H2,1H3,(H,29,30,32)/b5-3+. The summed E-state index contributed by atoms with van der Waals surface area (Å²) in [6, 6.07) is 13.9. The number of anilines is 3. The van der Waals surface area contributed by atoms with E-state index in [4.69, 9.17) is 9.72 Å². The van der Waals surface area contributed by atoms with Crippen LogP contribution in [0.3, 0.4) is 0 Å². The van der Waals surface area contributed by atoms with Crippen LogP contribution in [-0.4, -0.2) is 69.0 Å². The van der Waals surface area contributed by atoms with Gasteiger partial charge in [0.1, 0.15) is 5.39 Å². The van der Waals surface area contributed by atoms with Gasteiger partial charge in [-0.05, 0) is 56.6 Å². The third-order valence-corrected chi connectivity index (χ3v) is 7.05. The van der Waals surface area contributed by atoms with Crippen molar-refractivity contribution in [3.05, 3.63) is 71.2 Å². The number of hydrogen-bond donors (Lipinski definition) is 1. The van der Waals surface area contributed by atoms with Crippen LogP contribution in [0.1, 0.15) is 19.3 Å². The lowest BCUT2D eigenvalue weighted by molar-refractivity contribution is 0.295. The Labute approximate surface area is 221 Å². The first kappa shape index (κ1) is 24.2. The smallest absolute Gasteiger partial charge is 0.278 e. The van der Waals surface area contributed by atoms with Gasteiger partial charge in [0.05, 0.1) is 13.2 Å². The van der Waals surface area contributed by atoms with Crippen LogP contribution in [0.4, 0.5) is 17.3 Å². The molecule has 0 unspecified atom stereocenters. The third-order valence-electron chi connectivity index (χ3n) is 7.05. The molecule has 0 aliphatic carbocycles. The largest absolute Gasteiger partial charge is 0.478 e. The Morgan fingerprint density at radius 1 is 0.947 bits per heavy atom. The quantitative estimate of drug-likeness (QED) is 0.417. The molecule has 10 heteroatoms. The Morgan fingerprint density at radius 2 is 1.79 bits per heavy atom. The average Bonchev–Trinajstić information content (AvgIpc) is 3.22. The number of allylic oxidation sites excluding steroid dienone is 2. The molecule has 2 aliphatic rings. The number of fused-ring (bicyclic) bond motifs is 6. The number of rotatable bonds is 3. The molecular formula is C28H32N8O2. The number of benzene rings is 1. The van der Waals surface area contributed by atoms with Crippen LogP contribution in [-0.2, 0) is 6.54 Å². The molecule has 0 radical (unpaired) electrons. The second kappa shape index (κ2) is 10.7. The zero-order valence-electron chi connectivity index (χ0n) is 21.6. The van der Waals surface area contributed by atoms with Gasteiger partial charge in [-0.15, -0.1) is 0 Å². The van der Waals surface area contributed by atoms with Crippen molar-refractivity contribution in [2.24, 2.45) is 0 Å². The van der Waals surface area contributed by atoms with Crippen LogP contribution in [0.15, 0.2) is 65.6 Å². The first-order valence-corrected chi connectivity index (χ1v) is 13.2. The number of ether oxygens (including phenoxy) is 1. The third kappa shape index (κ3) is 4.99. The van der Waals surface area contributed by atoms with E-state index in [9.17, 15) is 4.79 Å². The number of hydrogen-bond acceptors (Lipinski definition) is 8. The molecule has 0 spiro atoms. The van der Waals surface area contributed by atoms with Gasteiger partial charge in [-0.1, -0.05) is 18.2 Å². The topological polar surface area (TPSA) is 93.3 Å². The number of likely N-dealkylation sites (N-methyl/N-ethyl adjacent to an activating group) is 1. The minimum Gasteiger partial charge on any atom is -0.478 e. The summed E-state index contributed by atoms with van der Waals surface area (Å²) in [6.07, 6.45) is 8.62. The van der Waals surface area contributed by atoms with Crippen molar-refractivity contribution in [2.45, 2.75) is 25.8 Å². The number of aromatic nitrogens is 5. The van der Waals surface area contributed by atoms with Gasteiger partial charge in [0.2, 0.25) is 11.8 Å². The summed E-state index contributed by atoms with van der Waals surface area (Å²) in [4.78, 5) is 32.0. The van der Waals surface area contributed by atoms with Crippen LogP contribution in [0.5, 0.6) is 5.88 Å². The molecule has 0 atom stereocenters. The molecule has 196 valence electrons. The minimum atomic E-state index is -0.157. The first-order valence-electron chi connectivity index (χ1n) is 13.2. The Hall–Kier alpha value is -4.18. The van der Waals surface area contributed by atoms with Gasteiger partial charge < -0.3 is 19.9 Å². The van der Waals surface area contributed by atoms with Gasteiger partial charge in [0.25, 0.3) is 5.56 Å². The second-order valence-corrected chi connectivity index (χ2v) is 9.74. The summed E-state index contributed by atoms with van der Waals surface area (Å²) >= 11 is 0. The number of nitrogens with one attached hydrogen (secondary N) is 1. The normalized spacial score (nSPS) is 17.6. The molecule has 10 nitrogen and oxygen atoms in total. The van der Waals surface area contributed by atoms with E-state index in [1.54, 1.807) is 15.6 Å². The molecule has 0 amide bonds. The fraction of sp³-hybridized carbons (Fsp3) is 0.357. The molecule has 2 bridgehead atoms. The molecule has 0 saturated carbocycles. The van der Waals surface area contributed by atoms with E-state index in [2.05, 4.69) is 50.3 Å². The number of piperazine rings is 1. The first-order chi connectivity index (χ1) is 18.7. The molecule has 1 fully saturated rings. The van der Waals surface area contributed by atoms with Crippen LogP contribution in [0.25, 0.3) is 16.9 Å². The molecule has 1 N–H and O–H groups in total. The van der Waals surface area contributed by atoms with Crippen molar-refractivity contribution in [3.8, 4) is 11.7 Å². The van der Waals surface area contributed by atoms with Crippen LogP contribution >= 0.6 is 0 Å². The Bertz CT molecular complexity index is 1500. The molecule has 38 heavy (non-hydrogen) atoms. The van der Waals surface area contributed by atoms with Gasteiger partial charge in [0.15, 0.2) is 11.5 Å². The van der Waals surface area contributed by atoms with Crippen molar-refractivity contribution in [1.82, 2.24) is 29.2 Å². The van der Waals surface area contributed by atoms with Crippen molar-refractivity contribution >= 4 is 28.4 Å². The van der Waals surface area contributed by atoms with Gasteiger partial charge in [-0.2, -0.15) is 9.97 Å². The fourth-order valence-electron chi connectivity index (χ4n) is 4.87. The van der Waals surface area contributed by atoms with E-state index in [1.807, 2.05) is 36.4 Å². The highest BCUT2D eigenvalue weighted by Crippen LogP contribution is 2.23. The van der Waals surface area contributed by atoms with E-state index >= 15 is 0 Å². The van der Waals surface area contributed by atoms with Crippen molar-refractivity contribution in [3.63, 3.8) is 0 Å². The van der Waals surface area contributed by atoms with Crippen LogP contribution in [0.2, 0.25) is 0 Å². The summed E-state index contributed by atoms with van der Waals surface area (Å²) in [7, 11) is 2.16. The van der Waals surface area contributed by atoms with E-state index in [1.165, 1.54) is 5.69 Å². The number of nitrogens with zero attached hydrogens (tertiary/aromatic N) is 7. The average molecular weight is 513 g/mol. The molecule has 1 saturated heterocycles. The lowest BCUT2D eigenvalue weighted by Crippen LogP contribution is -2.44.